The lowest BCUT2D eigenvalue weighted by Gasteiger charge is -2.35. The van der Waals surface area contributed by atoms with Crippen molar-refractivity contribution in [2.75, 3.05) is 10.2 Å². The van der Waals surface area contributed by atoms with Gasteiger partial charge in [0.05, 0.1) is 12.1 Å². The third-order valence-electron chi connectivity index (χ3n) is 9.99. The summed E-state index contributed by atoms with van der Waals surface area (Å²) < 4.78 is 0. The molecule has 0 bridgehead atoms. The Bertz CT molecular complexity index is 1660. The molecule has 2 heteroatoms. The van der Waals surface area contributed by atoms with E-state index in [2.05, 4.69) is 144 Å². The molecule has 44 heavy (non-hydrogen) atoms. The topological polar surface area (TPSA) is 15.3 Å². The van der Waals surface area contributed by atoms with Gasteiger partial charge in [0, 0.05) is 34.3 Å². The molecule has 5 atom stereocenters. The minimum atomic E-state index is 0.215. The van der Waals surface area contributed by atoms with Crippen LogP contribution in [0.5, 0.6) is 0 Å². The highest BCUT2D eigenvalue weighted by molar-refractivity contribution is 5.95. The SMILES string of the molecule is C=CC/C=C/C(=C\CC1C=CC2C(C1)C1=C(CCCC1)N2c1cccc2ccccc12)C1C=CC=CC1Nc1ccccc1. The van der Waals surface area contributed by atoms with E-state index in [1.54, 1.807) is 11.3 Å². The number of anilines is 2. The minimum absolute atomic E-state index is 0.215. The normalized spacial score (nSPS) is 26.3. The first-order valence-corrected chi connectivity index (χ1v) is 16.6. The summed E-state index contributed by atoms with van der Waals surface area (Å²) >= 11 is 0. The van der Waals surface area contributed by atoms with E-state index in [0.29, 0.717) is 17.9 Å². The zero-order chi connectivity index (χ0) is 29.7. The van der Waals surface area contributed by atoms with E-state index in [-0.39, 0.29) is 12.0 Å². The molecule has 1 heterocycles. The van der Waals surface area contributed by atoms with Crippen molar-refractivity contribution < 1.29 is 0 Å². The monoisotopic (exact) mass is 576 g/mol. The number of nitrogens with one attached hydrogen (secondary N) is 1. The highest BCUT2D eigenvalue weighted by Gasteiger charge is 2.43. The van der Waals surface area contributed by atoms with Crippen molar-refractivity contribution in [1.82, 2.24) is 0 Å². The minimum Gasteiger partial charge on any atom is -0.378 e. The van der Waals surface area contributed by atoms with E-state index in [0.717, 1.165) is 18.5 Å². The predicted molar refractivity (Wildman–Crippen MR) is 189 cm³/mol. The maximum Gasteiger partial charge on any atom is 0.0585 e. The van der Waals surface area contributed by atoms with Crippen LogP contribution in [0.15, 0.2) is 157 Å². The third-order valence-corrected chi connectivity index (χ3v) is 9.99. The molecule has 1 N–H and O–H groups in total. The molecule has 5 unspecified atom stereocenters. The van der Waals surface area contributed by atoms with Crippen LogP contribution < -0.4 is 10.2 Å². The first-order valence-electron chi connectivity index (χ1n) is 16.6. The Morgan fingerprint density at radius 2 is 1.68 bits per heavy atom. The van der Waals surface area contributed by atoms with Gasteiger partial charge in [0.15, 0.2) is 0 Å². The van der Waals surface area contributed by atoms with Crippen LogP contribution in [0.1, 0.15) is 44.9 Å². The number of allylic oxidation sites excluding steroid dienone is 8. The Balaban J connectivity index is 1.16. The number of nitrogens with zero attached hydrogens (tertiary/aromatic N) is 1. The molecule has 0 spiro atoms. The smallest absolute Gasteiger partial charge is 0.0585 e. The fraction of sp³-hybridized carbons (Fsp3) is 0.286. The fourth-order valence-corrected chi connectivity index (χ4v) is 7.92. The molecule has 0 saturated carbocycles. The molecule has 0 aromatic heterocycles. The first-order chi connectivity index (χ1) is 21.8. The molecule has 3 aromatic rings. The molecular formula is C42H44N2. The molecule has 4 aliphatic rings. The van der Waals surface area contributed by atoms with Crippen molar-refractivity contribution in [3.05, 3.63) is 157 Å². The van der Waals surface area contributed by atoms with E-state index in [9.17, 15) is 0 Å². The lowest BCUT2D eigenvalue weighted by molar-refractivity contribution is 0.415. The molecule has 2 nitrogen and oxygen atoms in total. The van der Waals surface area contributed by atoms with Crippen molar-refractivity contribution >= 4 is 22.1 Å². The van der Waals surface area contributed by atoms with Crippen molar-refractivity contribution in [2.24, 2.45) is 17.8 Å². The van der Waals surface area contributed by atoms with Gasteiger partial charge in [0.25, 0.3) is 0 Å². The Morgan fingerprint density at radius 1 is 0.864 bits per heavy atom. The van der Waals surface area contributed by atoms with Gasteiger partial charge in [0.1, 0.15) is 0 Å². The van der Waals surface area contributed by atoms with Gasteiger partial charge in [0.2, 0.25) is 0 Å². The second-order valence-electron chi connectivity index (χ2n) is 12.7. The van der Waals surface area contributed by atoms with Crippen LogP contribution in [0.4, 0.5) is 11.4 Å². The van der Waals surface area contributed by atoms with Gasteiger partial charge in [-0.2, -0.15) is 0 Å². The van der Waals surface area contributed by atoms with Crippen LogP contribution >= 0.6 is 0 Å². The van der Waals surface area contributed by atoms with E-state index in [4.69, 9.17) is 0 Å². The summed E-state index contributed by atoms with van der Waals surface area (Å²) in [4.78, 5) is 2.73. The van der Waals surface area contributed by atoms with Crippen molar-refractivity contribution in [1.29, 1.82) is 0 Å². The molecular weight excluding hydrogens is 532 g/mol. The Hall–Kier alpha value is -4.30. The summed E-state index contributed by atoms with van der Waals surface area (Å²) in [5, 5.41) is 6.48. The van der Waals surface area contributed by atoms with Gasteiger partial charge >= 0.3 is 0 Å². The molecule has 0 fully saturated rings. The van der Waals surface area contributed by atoms with E-state index < -0.39 is 0 Å². The summed E-state index contributed by atoms with van der Waals surface area (Å²) in [7, 11) is 0. The Morgan fingerprint density at radius 3 is 2.59 bits per heavy atom. The molecule has 3 aromatic carbocycles. The largest absolute Gasteiger partial charge is 0.378 e. The number of para-hydroxylation sites is 1. The van der Waals surface area contributed by atoms with Gasteiger partial charge in [-0.15, -0.1) is 6.58 Å². The fourth-order valence-electron chi connectivity index (χ4n) is 7.92. The average molecular weight is 577 g/mol. The zero-order valence-corrected chi connectivity index (χ0v) is 25.7. The van der Waals surface area contributed by atoms with E-state index >= 15 is 0 Å². The standard InChI is InChI=1S/C42H44N2/c1-2-3-5-15-33(35-20-10-12-23-39(35)43-34-18-6-4-7-19-34)28-26-31-27-29-42-38(30-31)37-22-11-13-24-41(37)44(42)40-25-14-17-32-16-8-9-21-36(32)40/h2,4-10,12,14-21,23,25,27-29,31,35,38-39,42-43H,1,3,11,13,22,24,26,30H2/b15-5+,33-28+. The number of hydrogen-bond donors (Lipinski definition) is 1. The van der Waals surface area contributed by atoms with Crippen LogP contribution in [0.25, 0.3) is 10.8 Å². The van der Waals surface area contributed by atoms with Crippen LogP contribution in [0.3, 0.4) is 0 Å². The Labute approximate surface area is 263 Å². The molecule has 3 aliphatic carbocycles. The molecule has 1 aliphatic heterocycles. The van der Waals surface area contributed by atoms with Crippen LogP contribution in [-0.4, -0.2) is 12.1 Å². The van der Waals surface area contributed by atoms with Crippen molar-refractivity contribution in [2.45, 2.75) is 57.0 Å². The number of benzene rings is 3. The second-order valence-corrected chi connectivity index (χ2v) is 12.7. The highest BCUT2D eigenvalue weighted by atomic mass is 15.2. The second kappa shape index (κ2) is 13.1. The number of rotatable bonds is 9. The van der Waals surface area contributed by atoms with Gasteiger partial charge in [-0.05, 0) is 85.6 Å². The predicted octanol–water partition coefficient (Wildman–Crippen LogP) is 10.7. The number of fused-ring (bicyclic) bond motifs is 3. The van der Waals surface area contributed by atoms with E-state index in [1.807, 2.05) is 6.08 Å². The molecule has 0 radical (unpaired) electrons. The number of hydrogen-bond acceptors (Lipinski definition) is 2. The van der Waals surface area contributed by atoms with E-state index in [1.165, 1.54) is 54.1 Å². The van der Waals surface area contributed by atoms with Gasteiger partial charge in [-0.3, -0.25) is 0 Å². The maximum absolute atomic E-state index is 3.94. The molecule has 0 saturated heterocycles. The highest BCUT2D eigenvalue weighted by Crippen LogP contribution is 2.50. The quantitative estimate of drug-likeness (QED) is 0.201. The van der Waals surface area contributed by atoms with Crippen molar-refractivity contribution in [3.63, 3.8) is 0 Å². The average Bonchev–Trinajstić information content (AvgIpc) is 3.40. The molecule has 222 valence electrons. The Kier molecular flexibility index (Phi) is 8.50. The summed E-state index contributed by atoms with van der Waals surface area (Å²) in [6, 6.07) is 27.0. The summed E-state index contributed by atoms with van der Waals surface area (Å²) in [6.07, 6.45) is 31.5. The van der Waals surface area contributed by atoms with Gasteiger partial charge < -0.3 is 10.2 Å². The molecule has 7 rings (SSSR count). The van der Waals surface area contributed by atoms with Crippen LogP contribution in [0, 0.1) is 17.8 Å². The third kappa shape index (κ3) is 5.78. The zero-order valence-electron chi connectivity index (χ0n) is 25.7. The van der Waals surface area contributed by atoms with Crippen LogP contribution in [0.2, 0.25) is 0 Å². The molecule has 0 amide bonds. The van der Waals surface area contributed by atoms with Crippen molar-refractivity contribution in [3.8, 4) is 0 Å². The summed E-state index contributed by atoms with van der Waals surface area (Å²) in [5.41, 5.74) is 7.29. The lowest BCUT2D eigenvalue weighted by atomic mass is 9.76. The van der Waals surface area contributed by atoms with Gasteiger partial charge in [-0.1, -0.05) is 115 Å². The van der Waals surface area contributed by atoms with Gasteiger partial charge in [-0.25, -0.2) is 0 Å². The summed E-state index contributed by atoms with van der Waals surface area (Å²) in [5.74, 6) is 1.44. The maximum atomic E-state index is 3.94. The first kappa shape index (κ1) is 28.5. The summed E-state index contributed by atoms with van der Waals surface area (Å²) in [6.45, 7) is 3.94. The van der Waals surface area contributed by atoms with Crippen LogP contribution in [-0.2, 0) is 0 Å². The lowest BCUT2D eigenvalue weighted by Crippen LogP contribution is -2.35.